The average molecular weight is 483 g/mol. The maximum absolute atomic E-state index is 14.5. The fourth-order valence-electron chi connectivity index (χ4n) is 3.21. The highest BCUT2D eigenvalue weighted by atomic mass is 32.2. The molecule has 0 bridgehead atoms. The number of thioether (sulfide) groups is 1. The number of nitrogens with zero attached hydrogens (tertiary/aromatic N) is 5. The van der Waals surface area contributed by atoms with Crippen LogP contribution in [0.5, 0.6) is 0 Å². The highest BCUT2D eigenvalue weighted by molar-refractivity contribution is 7.99. The molecule has 0 saturated carbocycles. The number of amides is 1. The predicted octanol–water partition coefficient (Wildman–Crippen LogP) is 5.39. The largest absolute Gasteiger partial charge is 0.300 e. The molecule has 170 valence electrons. The minimum Gasteiger partial charge on any atom is -0.300 e. The topological polar surface area (TPSA) is 85.6 Å². The van der Waals surface area contributed by atoms with Crippen LogP contribution in [-0.2, 0) is 11.2 Å². The number of unbranched alkanes of at least 4 members (excludes halogenated alkanes) is 2. The van der Waals surface area contributed by atoms with Gasteiger partial charge in [-0.25, -0.2) is 4.39 Å². The first kappa shape index (κ1) is 23.1. The third-order valence-corrected chi connectivity index (χ3v) is 6.63. The lowest BCUT2D eigenvalue weighted by atomic mass is 10.2. The Morgan fingerprint density at radius 1 is 1.03 bits per heavy atom. The van der Waals surface area contributed by atoms with E-state index in [1.165, 1.54) is 29.2 Å². The monoisotopic (exact) mass is 482 g/mol. The number of rotatable bonds is 10. The summed E-state index contributed by atoms with van der Waals surface area (Å²) in [6.07, 6.45) is 4.23. The third-order valence-electron chi connectivity index (χ3n) is 4.80. The third kappa shape index (κ3) is 5.82. The standard InChI is InChI=1S/C23H23FN6OS2/c1-2-3-5-14-20-26-28-22(33-20)25-19(31)15-32-23-29-27-21(17-12-8-9-13-18(17)24)30(23)16-10-6-4-7-11-16/h4,6-13H,2-3,5,14-15H2,1H3,(H,25,28,31). The van der Waals surface area contributed by atoms with E-state index >= 15 is 0 Å². The van der Waals surface area contributed by atoms with Crippen LogP contribution in [0.15, 0.2) is 59.8 Å². The number of carbonyl (C=O) groups excluding carboxylic acids is 1. The van der Waals surface area contributed by atoms with Crippen LogP contribution in [0, 0.1) is 5.82 Å². The van der Waals surface area contributed by atoms with Crippen molar-refractivity contribution in [2.75, 3.05) is 11.1 Å². The number of nitrogens with one attached hydrogen (secondary N) is 1. The Hall–Kier alpha value is -3.11. The molecule has 0 aliphatic carbocycles. The van der Waals surface area contributed by atoms with E-state index in [9.17, 15) is 9.18 Å². The van der Waals surface area contributed by atoms with Crippen LogP contribution in [0.2, 0.25) is 0 Å². The van der Waals surface area contributed by atoms with Gasteiger partial charge in [-0.2, -0.15) is 0 Å². The summed E-state index contributed by atoms with van der Waals surface area (Å²) in [7, 11) is 0. The average Bonchev–Trinajstić information content (AvgIpc) is 3.45. The molecule has 1 N–H and O–H groups in total. The summed E-state index contributed by atoms with van der Waals surface area (Å²) in [4.78, 5) is 12.5. The lowest BCUT2D eigenvalue weighted by Gasteiger charge is -2.10. The van der Waals surface area contributed by atoms with E-state index in [1.807, 2.05) is 30.3 Å². The SMILES string of the molecule is CCCCCc1nnc(NC(=O)CSc2nnc(-c3ccccc3F)n2-c2ccccc2)s1. The number of halogens is 1. The summed E-state index contributed by atoms with van der Waals surface area (Å²) >= 11 is 2.62. The summed E-state index contributed by atoms with van der Waals surface area (Å²) in [6.45, 7) is 2.15. The van der Waals surface area contributed by atoms with E-state index < -0.39 is 0 Å². The Morgan fingerprint density at radius 2 is 1.82 bits per heavy atom. The number of para-hydroxylation sites is 1. The van der Waals surface area contributed by atoms with Crippen molar-refractivity contribution in [2.24, 2.45) is 0 Å². The molecular weight excluding hydrogens is 459 g/mol. The summed E-state index contributed by atoms with van der Waals surface area (Å²) in [5.74, 6) is -0.121. The van der Waals surface area contributed by atoms with Crippen LogP contribution >= 0.6 is 23.1 Å². The molecule has 0 spiro atoms. The fourth-order valence-corrected chi connectivity index (χ4v) is 4.76. The van der Waals surface area contributed by atoms with E-state index in [0.29, 0.717) is 21.7 Å². The van der Waals surface area contributed by atoms with Gasteiger partial charge in [0.25, 0.3) is 0 Å². The van der Waals surface area contributed by atoms with E-state index in [-0.39, 0.29) is 17.5 Å². The van der Waals surface area contributed by atoms with Gasteiger partial charge in [-0.05, 0) is 30.7 Å². The van der Waals surface area contributed by atoms with Crippen LogP contribution in [0.1, 0.15) is 31.2 Å². The molecule has 4 rings (SSSR count). The van der Waals surface area contributed by atoms with Crippen LogP contribution in [0.25, 0.3) is 17.1 Å². The maximum atomic E-state index is 14.5. The Labute approximate surface area is 199 Å². The number of aromatic nitrogens is 5. The van der Waals surface area contributed by atoms with E-state index in [1.54, 1.807) is 22.8 Å². The number of carbonyl (C=O) groups is 1. The van der Waals surface area contributed by atoms with Crippen LogP contribution in [0.4, 0.5) is 9.52 Å². The second-order valence-corrected chi connectivity index (χ2v) is 9.26. The highest BCUT2D eigenvalue weighted by Gasteiger charge is 2.19. The quantitative estimate of drug-likeness (QED) is 0.241. The number of anilines is 1. The molecule has 0 radical (unpaired) electrons. The molecule has 0 atom stereocenters. The molecular formula is C23H23FN6OS2. The van der Waals surface area contributed by atoms with Crippen molar-refractivity contribution in [1.29, 1.82) is 0 Å². The van der Waals surface area contributed by atoms with Gasteiger partial charge in [-0.15, -0.1) is 20.4 Å². The van der Waals surface area contributed by atoms with Crippen molar-refractivity contribution in [3.63, 3.8) is 0 Å². The van der Waals surface area contributed by atoms with Gasteiger partial charge < -0.3 is 0 Å². The maximum Gasteiger partial charge on any atom is 0.236 e. The molecule has 2 aromatic carbocycles. The minimum atomic E-state index is -0.387. The molecule has 2 aromatic heterocycles. The molecule has 4 aromatic rings. The molecule has 7 nitrogen and oxygen atoms in total. The molecule has 0 saturated heterocycles. The zero-order valence-electron chi connectivity index (χ0n) is 18.1. The van der Waals surface area contributed by atoms with Gasteiger partial charge in [0.1, 0.15) is 10.8 Å². The van der Waals surface area contributed by atoms with Crippen molar-refractivity contribution in [2.45, 2.75) is 37.8 Å². The highest BCUT2D eigenvalue weighted by Crippen LogP contribution is 2.29. The zero-order chi connectivity index (χ0) is 23.0. The predicted molar refractivity (Wildman–Crippen MR) is 129 cm³/mol. The van der Waals surface area contributed by atoms with Gasteiger partial charge in [0.15, 0.2) is 11.0 Å². The van der Waals surface area contributed by atoms with Crippen molar-refractivity contribution in [3.05, 3.63) is 65.4 Å². The first-order valence-electron chi connectivity index (χ1n) is 10.7. The fraction of sp³-hybridized carbons (Fsp3) is 0.261. The first-order chi connectivity index (χ1) is 16.2. The number of hydrogen-bond donors (Lipinski definition) is 1. The molecule has 0 aliphatic heterocycles. The van der Waals surface area contributed by atoms with Crippen molar-refractivity contribution >= 4 is 34.1 Å². The molecule has 33 heavy (non-hydrogen) atoms. The Bertz CT molecular complexity index is 1210. The molecule has 0 fully saturated rings. The molecule has 1 amide bonds. The van der Waals surface area contributed by atoms with Crippen molar-refractivity contribution in [3.8, 4) is 17.1 Å². The molecule has 0 aliphatic rings. The minimum absolute atomic E-state index is 0.104. The molecule has 0 unspecified atom stereocenters. The van der Waals surface area contributed by atoms with Crippen LogP contribution in [-0.4, -0.2) is 36.6 Å². The van der Waals surface area contributed by atoms with E-state index in [2.05, 4.69) is 32.6 Å². The Morgan fingerprint density at radius 3 is 2.61 bits per heavy atom. The second kappa shape index (κ2) is 11.2. The van der Waals surface area contributed by atoms with Gasteiger partial charge in [0.2, 0.25) is 11.0 Å². The van der Waals surface area contributed by atoms with Gasteiger partial charge in [-0.1, -0.05) is 73.2 Å². The number of benzene rings is 2. The Balaban J connectivity index is 1.48. The van der Waals surface area contributed by atoms with Crippen LogP contribution < -0.4 is 5.32 Å². The summed E-state index contributed by atoms with van der Waals surface area (Å²) in [6, 6.07) is 15.9. The van der Waals surface area contributed by atoms with Gasteiger partial charge in [0.05, 0.1) is 11.3 Å². The summed E-state index contributed by atoms with van der Waals surface area (Å²) in [5, 5.41) is 21.4. The second-order valence-electron chi connectivity index (χ2n) is 7.25. The van der Waals surface area contributed by atoms with Gasteiger partial charge in [-0.3, -0.25) is 14.7 Å². The smallest absolute Gasteiger partial charge is 0.236 e. The van der Waals surface area contributed by atoms with Gasteiger partial charge >= 0.3 is 0 Å². The van der Waals surface area contributed by atoms with E-state index in [0.717, 1.165) is 36.4 Å². The molecule has 2 heterocycles. The van der Waals surface area contributed by atoms with Crippen molar-refractivity contribution < 1.29 is 9.18 Å². The van der Waals surface area contributed by atoms with Crippen LogP contribution in [0.3, 0.4) is 0 Å². The Kier molecular flexibility index (Phi) is 7.79. The lowest BCUT2D eigenvalue weighted by molar-refractivity contribution is -0.113. The summed E-state index contributed by atoms with van der Waals surface area (Å²) < 4.78 is 16.2. The number of hydrogen-bond acceptors (Lipinski definition) is 7. The normalized spacial score (nSPS) is 11.0. The molecule has 10 heteroatoms. The lowest BCUT2D eigenvalue weighted by Crippen LogP contribution is -2.14. The first-order valence-corrected chi connectivity index (χ1v) is 12.5. The number of aryl methyl sites for hydroxylation is 1. The van der Waals surface area contributed by atoms with Gasteiger partial charge in [0, 0.05) is 12.1 Å². The van der Waals surface area contributed by atoms with Crippen molar-refractivity contribution in [1.82, 2.24) is 25.0 Å². The zero-order valence-corrected chi connectivity index (χ0v) is 19.7. The summed E-state index contributed by atoms with van der Waals surface area (Å²) in [5.41, 5.74) is 1.12. The van der Waals surface area contributed by atoms with E-state index in [4.69, 9.17) is 0 Å².